The lowest BCUT2D eigenvalue weighted by Gasteiger charge is -2.31. The zero-order valence-electron chi connectivity index (χ0n) is 9.81. The molecule has 0 amide bonds. The van der Waals surface area contributed by atoms with Crippen molar-refractivity contribution in [2.45, 2.75) is 19.4 Å². The number of hydrogen-bond donors (Lipinski definition) is 1. The highest BCUT2D eigenvalue weighted by molar-refractivity contribution is 9.10. The molecular weight excluding hydrogens is 302 g/mol. The lowest BCUT2D eigenvalue weighted by Crippen LogP contribution is -2.35. The average molecular weight is 321 g/mol. The largest absolute Gasteiger partial charge is 0.330 e. The SMILES string of the molecule is Cl.NCC1CCN(Cc2ccnc(Br)c2)CC1. The van der Waals surface area contributed by atoms with E-state index in [9.17, 15) is 0 Å². The number of likely N-dealkylation sites (tertiary alicyclic amines) is 1. The zero-order valence-corrected chi connectivity index (χ0v) is 12.2. The summed E-state index contributed by atoms with van der Waals surface area (Å²) in [6, 6.07) is 4.18. The Hall–Kier alpha value is -0.160. The fourth-order valence-electron chi connectivity index (χ4n) is 2.18. The van der Waals surface area contributed by atoms with Gasteiger partial charge in [0.15, 0.2) is 0 Å². The van der Waals surface area contributed by atoms with Crippen LogP contribution in [-0.4, -0.2) is 29.5 Å². The van der Waals surface area contributed by atoms with Crippen molar-refractivity contribution in [1.82, 2.24) is 9.88 Å². The molecular formula is C12H19BrClN3. The maximum Gasteiger partial charge on any atom is 0.106 e. The van der Waals surface area contributed by atoms with Crippen molar-refractivity contribution in [1.29, 1.82) is 0 Å². The van der Waals surface area contributed by atoms with E-state index >= 15 is 0 Å². The van der Waals surface area contributed by atoms with E-state index in [0.717, 1.165) is 23.6 Å². The number of halogens is 2. The van der Waals surface area contributed by atoms with Gasteiger partial charge in [-0.1, -0.05) is 0 Å². The van der Waals surface area contributed by atoms with Crippen molar-refractivity contribution in [2.24, 2.45) is 11.7 Å². The maximum atomic E-state index is 5.69. The molecule has 0 aliphatic carbocycles. The second kappa shape index (κ2) is 7.31. The molecule has 0 aromatic carbocycles. The van der Waals surface area contributed by atoms with Gasteiger partial charge in [-0.25, -0.2) is 4.98 Å². The number of rotatable bonds is 3. The van der Waals surface area contributed by atoms with Crippen molar-refractivity contribution >= 4 is 28.3 Å². The van der Waals surface area contributed by atoms with Crippen molar-refractivity contribution in [2.75, 3.05) is 19.6 Å². The molecule has 0 saturated carbocycles. The first-order valence-corrected chi connectivity index (χ1v) is 6.60. The van der Waals surface area contributed by atoms with Crippen molar-refractivity contribution < 1.29 is 0 Å². The van der Waals surface area contributed by atoms with Gasteiger partial charge in [-0.3, -0.25) is 4.90 Å². The van der Waals surface area contributed by atoms with Crippen LogP contribution in [0.4, 0.5) is 0 Å². The Morgan fingerprint density at radius 2 is 2.12 bits per heavy atom. The quantitative estimate of drug-likeness (QED) is 0.870. The molecule has 0 bridgehead atoms. The van der Waals surface area contributed by atoms with E-state index in [1.165, 1.54) is 31.5 Å². The lowest BCUT2D eigenvalue weighted by atomic mass is 9.97. The number of piperidine rings is 1. The van der Waals surface area contributed by atoms with E-state index in [1.807, 2.05) is 6.20 Å². The molecule has 1 saturated heterocycles. The molecule has 2 heterocycles. The van der Waals surface area contributed by atoms with E-state index in [4.69, 9.17) is 5.73 Å². The number of nitrogens with zero attached hydrogens (tertiary/aromatic N) is 2. The first-order valence-electron chi connectivity index (χ1n) is 5.81. The molecule has 2 rings (SSSR count). The summed E-state index contributed by atoms with van der Waals surface area (Å²) in [7, 11) is 0. The van der Waals surface area contributed by atoms with Crippen LogP contribution in [0.3, 0.4) is 0 Å². The summed E-state index contributed by atoms with van der Waals surface area (Å²) in [6.07, 6.45) is 4.33. The first kappa shape index (κ1) is 14.9. The standard InChI is InChI=1S/C12H18BrN3.ClH/c13-12-7-11(1-4-15-12)9-16-5-2-10(8-14)3-6-16;/h1,4,7,10H,2-3,5-6,8-9,14H2;1H. The molecule has 2 N–H and O–H groups in total. The second-order valence-corrected chi connectivity index (χ2v) is 5.25. The molecule has 1 aromatic rings. The smallest absolute Gasteiger partial charge is 0.106 e. The van der Waals surface area contributed by atoms with Crippen LogP contribution in [0.15, 0.2) is 22.9 Å². The van der Waals surface area contributed by atoms with Gasteiger partial charge in [0.1, 0.15) is 4.60 Å². The Bertz CT molecular complexity index is 340. The van der Waals surface area contributed by atoms with E-state index in [1.54, 1.807) is 0 Å². The number of nitrogens with two attached hydrogens (primary N) is 1. The van der Waals surface area contributed by atoms with Crippen LogP contribution >= 0.6 is 28.3 Å². The van der Waals surface area contributed by atoms with Gasteiger partial charge in [0.05, 0.1) is 0 Å². The molecule has 96 valence electrons. The second-order valence-electron chi connectivity index (χ2n) is 4.44. The van der Waals surface area contributed by atoms with E-state index in [0.29, 0.717) is 0 Å². The Kier molecular flexibility index (Phi) is 6.41. The Morgan fingerprint density at radius 3 is 2.71 bits per heavy atom. The molecule has 0 radical (unpaired) electrons. The van der Waals surface area contributed by atoms with Gasteiger partial charge in [0, 0.05) is 12.7 Å². The van der Waals surface area contributed by atoms with E-state index in [-0.39, 0.29) is 12.4 Å². The summed E-state index contributed by atoms with van der Waals surface area (Å²) in [5, 5.41) is 0. The van der Waals surface area contributed by atoms with Crippen LogP contribution in [0, 0.1) is 5.92 Å². The highest BCUT2D eigenvalue weighted by Crippen LogP contribution is 2.18. The highest BCUT2D eigenvalue weighted by Gasteiger charge is 2.17. The molecule has 17 heavy (non-hydrogen) atoms. The van der Waals surface area contributed by atoms with Crippen LogP contribution in [0.25, 0.3) is 0 Å². The third kappa shape index (κ3) is 4.54. The van der Waals surface area contributed by atoms with Gasteiger partial charge in [0.2, 0.25) is 0 Å². The van der Waals surface area contributed by atoms with Crippen LogP contribution in [-0.2, 0) is 6.54 Å². The molecule has 1 aliphatic rings. The topological polar surface area (TPSA) is 42.1 Å². The molecule has 5 heteroatoms. The first-order chi connectivity index (χ1) is 7.78. The molecule has 0 atom stereocenters. The zero-order chi connectivity index (χ0) is 11.4. The minimum atomic E-state index is 0. The van der Waals surface area contributed by atoms with Crippen LogP contribution < -0.4 is 5.73 Å². The Morgan fingerprint density at radius 1 is 1.41 bits per heavy atom. The van der Waals surface area contributed by atoms with Crippen LogP contribution in [0.2, 0.25) is 0 Å². The highest BCUT2D eigenvalue weighted by atomic mass is 79.9. The Labute approximate surface area is 117 Å². The summed E-state index contributed by atoms with van der Waals surface area (Å²) in [6.45, 7) is 4.21. The van der Waals surface area contributed by atoms with Gasteiger partial charge in [-0.15, -0.1) is 12.4 Å². The van der Waals surface area contributed by atoms with Gasteiger partial charge >= 0.3 is 0 Å². The molecule has 3 nitrogen and oxygen atoms in total. The summed E-state index contributed by atoms with van der Waals surface area (Å²) in [5.41, 5.74) is 7.02. The van der Waals surface area contributed by atoms with Crippen molar-refractivity contribution in [3.63, 3.8) is 0 Å². The van der Waals surface area contributed by atoms with Crippen molar-refractivity contribution in [3.8, 4) is 0 Å². The number of hydrogen-bond acceptors (Lipinski definition) is 3. The van der Waals surface area contributed by atoms with Gasteiger partial charge in [0.25, 0.3) is 0 Å². The summed E-state index contributed by atoms with van der Waals surface area (Å²) in [4.78, 5) is 6.63. The third-order valence-electron chi connectivity index (χ3n) is 3.24. The minimum Gasteiger partial charge on any atom is -0.330 e. The third-order valence-corrected chi connectivity index (χ3v) is 3.67. The number of pyridine rings is 1. The normalized spacial score (nSPS) is 17.8. The van der Waals surface area contributed by atoms with Crippen LogP contribution in [0.1, 0.15) is 18.4 Å². The molecule has 1 fully saturated rings. The summed E-state index contributed by atoms with van der Waals surface area (Å²) >= 11 is 3.40. The summed E-state index contributed by atoms with van der Waals surface area (Å²) < 4.78 is 0.918. The van der Waals surface area contributed by atoms with E-state index < -0.39 is 0 Å². The average Bonchev–Trinajstić information content (AvgIpc) is 2.30. The predicted molar refractivity (Wildman–Crippen MR) is 76.2 cm³/mol. The van der Waals surface area contributed by atoms with E-state index in [2.05, 4.69) is 37.9 Å². The molecule has 1 aromatic heterocycles. The summed E-state index contributed by atoms with van der Waals surface area (Å²) in [5.74, 6) is 0.737. The monoisotopic (exact) mass is 319 g/mol. The molecule has 1 aliphatic heterocycles. The van der Waals surface area contributed by atoms with Crippen molar-refractivity contribution in [3.05, 3.63) is 28.5 Å². The Balaban J connectivity index is 0.00000144. The molecule has 0 unspecified atom stereocenters. The molecule has 0 spiro atoms. The fourth-order valence-corrected chi connectivity index (χ4v) is 2.59. The van der Waals surface area contributed by atoms with Gasteiger partial charge < -0.3 is 5.73 Å². The number of aromatic nitrogens is 1. The van der Waals surface area contributed by atoms with Gasteiger partial charge in [-0.2, -0.15) is 0 Å². The maximum absolute atomic E-state index is 5.69. The minimum absolute atomic E-state index is 0. The fraction of sp³-hybridized carbons (Fsp3) is 0.583. The predicted octanol–water partition coefficient (Wildman–Crippen LogP) is 2.44. The van der Waals surface area contributed by atoms with Gasteiger partial charge in [-0.05, 0) is 72.0 Å². The van der Waals surface area contributed by atoms with Crippen LogP contribution in [0.5, 0.6) is 0 Å². The lowest BCUT2D eigenvalue weighted by molar-refractivity contribution is 0.180.